The molecule has 1 fully saturated rings. The number of carbonyl (C=O) groups is 1. The highest BCUT2D eigenvalue weighted by molar-refractivity contribution is 5.88. The summed E-state index contributed by atoms with van der Waals surface area (Å²) in [7, 11) is 0. The van der Waals surface area contributed by atoms with Gasteiger partial charge in [-0.1, -0.05) is 13.3 Å². The van der Waals surface area contributed by atoms with Gasteiger partial charge in [0.15, 0.2) is 0 Å². The van der Waals surface area contributed by atoms with Crippen molar-refractivity contribution < 1.29 is 4.79 Å². The van der Waals surface area contributed by atoms with E-state index in [1.807, 2.05) is 6.92 Å². The molecule has 1 aliphatic rings. The second-order valence-corrected chi connectivity index (χ2v) is 3.86. The van der Waals surface area contributed by atoms with Crippen molar-refractivity contribution in [2.75, 3.05) is 0 Å². The molecule has 0 spiro atoms. The Labute approximate surface area is 79.1 Å². The van der Waals surface area contributed by atoms with Crippen LogP contribution >= 0.6 is 0 Å². The van der Waals surface area contributed by atoms with Crippen LogP contribution in [-0.4, -0.2) is 11.9 Å². The van der Waals surface area contributed by atoms with Crippen molar-refractivity contribution in [2.45, 2.75) is 45.6 Å². The fourth-order valence-electron chi connectivity index (χ4n) is 1.38. The van der Waals surface area contributed by atoms with Gasteiger partial charge in [-0.2, -0.15) is 5.26 Å². The SMILES string of the molecule is CCC[C@H](C)NC(=O)C1(C#N)CC1. The predicted molar refractivity (Wildman–Crippen MR) is 49.8 cm³/mol. The minimum absolute atomic E-state index is 0.0732. The average Bonchev–Trinajstić information content (AvgIpc) is 2.84. The van der Waals surface area contributed by atoms with E-state index in [-0.39, 0.29) is 11.9 Å². The number of hydrogen-bond acceptors (Lipinski definition) is 2. The van der Waals surface area contributed by atoms with Crippen LogP contribution in [0.4, 0.5) is 0 Å². The smallest absolute Gasteiger partial charge is 0.240 e. The zero-order chi connectivity index (χ0) is 9.90. The minimum Gasteiger partial charge on any atom is -0.352 e. The van der Waals surface area contributed by atoms with Crippen LogP contribution in [0.25, 0.3) is 0 Å². The van der Waals surface area contributed by atoms with E-state index < -0.39 is 5.41 Å². The number of nitrogens with zero attached hydrogens (tertiary/aromatic N) is 1. The van der Waals surface area contributed by atoms with Gasteiger partial charge in [-0.25, -0.2) is 0 Å². The molecule has 1 N–H and O–H groups in total. The summed E-state index contributed by atoms with van der Waals surface area (Å²) >= 11 is 0. The fraction of sp³-hybridized carbons (Fsp3) is 0.800. The lowest BCUT2D eigenvalue weighted by molar-refractivity contribution is -0.125. The van der Waals surface area contributed by atoms with Crippen molar-refractivity contribution in [3.63, 3.8) is 0 Å². The van der Waals surface area contributed by atoms with E-state index >= 15 is 0 Å². The van der Waals surface area contributed by atoms with Gasteiger partial charge < -0.3 is 5.32 Å². The van der Waals surface area contributed by atoms with Crippen LogP contribution in [0.2, 0.25) is 0 Å². The molecule has 0 bridgehead atoms. The van der Waals surface area contributed by atoms with Crippen LogP contribution in [0.1, 0.15) is 39.5 Å². The quantitative estimate of drug-likeness (QED) is 0.714. The molecule has 1 rings (SSSR count). The third kappa shape index (κ3) is 2.21. The second-order valence-electron chi connectivity index (χ2n) is 3.86. The number of rotatable bonds is 4. The molecule has 3 nitrogen and oxygen atoms in total. The number of carbonyl (C=O) groups excluding carboxylic acids is 1. The van der Waals surface area contributed by atoms with Gasteiger partial charge in [-0.15, -0.1) is 0 Å². The minimum atomic E-state index is -0.665. The molecule has 1 aliphatic carbocycles. The van der Waals surface area contributed by atoms with Crippen LogP contribution < -0.4 is 5.32 Å². The van der Waals surface area contributed by atoms with Crippen molar-refractivity contribution in [1.82, 2.24) is 5.32 Å². The molecular formula is C10H16N2O. The predicted octanol–water partition coefficient (Wildman–Crippen LogP) is 1.59. The van der Waals surface area contributed by atoms with E-state index in [9.17, 15) is 4.79 Å². The highest BCUT2D eigenvalue weighted by Gasteiger charge is 2.50. The molecule has 0 aromatic heterocycles. The summed E-state index contributed by atoms with van der Waals surface area (Å²) in [6, 6.07) is 2.29. The Bertz CT molecular complexity index is 238. The Morgan fingerprint density at radius 3 is 2.69 bits per heavy atom. The Morgan fingerprint density at radius 2 is 2.31 bits per heavy atom. The molecule has 0 aromatic rings. The molecule has 0 radical (unpaired) electrons. The fourth-order valence-corrected chi connectivity index (χ4v) is 1.38. The largest absolute Gasteiger partial charge is 0.352 e. The van der Waals surface area contributed by atoms with Crippen LogP contribution in [-0.2, 0) is 4.79 Å². The lowest BCUT2D eigenvalue weighted by Gasteiger charge is -2.14. The topological polar surface area (TPSA) is 52.9 Å². The van der Waals surface area contributed by atoms with E-state index in [1.54, 1.807) is 0 Å². The zero-order valence-corrected chi connectivity index (χ0v) is 8.26. The number of nitrogens with one attached hydrogen (secondary N) is 1. The molecule has 13 heavy (non-hydrogen) atoms. The summed E-state index contributed by atoms with van der Waals surface area (Å²) in [6.45, 7) is 4.06. The lowest BCUT2D eigenvalue weighted by atomic mass is 10.1. The van der Waals surface area contributed by atoms with Crippen molar-refractivity contribution in [1.29, 1.82) is 5.26 Å². The van der Waals surface area contributed by atoms with Crippen LogP contribution in [0.3, 0.4) is 0 Å². The summed E-state index contributed by atoms with van der Waals surface area (Å²) in [5, 5.41) is 11.6. The molecule has 3 heteroatoms. The molecular weight excluding hydrogens is 164 g/mol. The van der Waals surface area contributed by atoms with Crippen LogP contribution in [0.5, 0.6) is 0 Å². The Morgan fingerprint density at radius 1 is 1.69 bits per heavy atom. The van der Waals surface area contributed by atoms with Gasteiger partial charge in [0.2, 0.25) is 5.91 Å². The average molecular weight is 180 g/mol. The van der Waals surface area contributed by atoms with E-state index in [1.165, 1.54) is 0 Å². The van der Waals surface area contributed by atoms with E-state index in [0.29, 0.717) is 0 Å². The lowest BCUT2D eigenvalue weighted by Crippen LogP contribution is -2.37. The van der Waals surface area contributed by atoms with E-state index in [4.69, 9.17) is 5.26 Å². The first-order valence-corrected chi connectivity index (χ1v) is 4.87. The van der Waals surface area contributed by atoms with Gasteiger partial charge in [-0.05, 0) is 26.2 Å². The molecule has 1 saturated carbocycles. The molecule has 0 aromatic carbocycles. The highest BCUT2D eigenvalue weighted by Crippen LogP contribution is 2.45. The first kappa shape index (κ1) is 10.0. The molecule has 0 saturated heterocycles. The Balaban J connectivity index is 2.38. The van der Waals surface area contributed by atoms with E-state index in [2.05, 4.69) is 18.3 Å². The van der Waals surface area contributed by atoms with Crippen LogP contribution in [0.15, 0.2) is 0 Å². The number of hydrogen-bond donors (Lipinski definition) is 1. The molecule has 1 atom stereocenters. The maximum Gasteiger partial charge on any atom is 0.240 e. The maximum absolute atomic E-state index is 11.5. The summed E-state index contributed by atoms with van der Waals surface area (Å²) in [6.07, 6.45) is 3.50. The molecule has 72 valence electrons. The van der Waals surface area contributed by atoms with Gasteiger partial charge >= 0.3 is 0 Å². The van der Waals surface area contributed by atoms with Crippen molar-refractivity contribution in [3.05, 3.63) is 0 Å². The summed E-state index contributed by atoms with van der Waals surface area (Å²) < 4.78 is 0. The summed E-state index contributed by atoms with van der Waals surface area (Å²) in [4.78, 5) is 11.5. The first-order chi connectivity index (χ1) is 6.14. The van der Waals surface area contributed by atoms with Gasteiger partial charge in [0.1, 0.15) is 5.41 Å². The third-order valence-electron chi connectivity index (χ3n) is 2.50. The van der Waals surface area contributed by atoms with Gasteiger partial charge in [0.05, 0.1) is 6.07 Å². The molecule has 0 heterocycles. The van der Waals surface area contributed by atoms with Crippen molar-refractivity contribution >= 4 is 5.91 Å². The molecule has 1 amide bonds. The van der Waals surface area contributed by atoms with Crippen molar-refractivity contribution in [2.24, 2.45) is 5.41 Å². The number of nitriles is 1. The first-order valence-electron chi connectivity index (χ1n) is 4.87. The van der Waals surface area contributed by atoms with Crippen LogP contribution in [0, 0.1) is 16.7 Å². The van der Waals surface area contributed by atoms with E-state index in [0.717, 1.165) is 25.7 Å². The van der Waals surface area contributed by atoms with Gasteiger partial charge in [-0.3, -0.25) is 4.79 Å². The monoisotopic (exact) mass is 180 g/mol. The zero-order valence-electron chi connectivity index (χ0n) is 8.26. The second kappa shape index (κ2) is 3.78. The maximum atomic E-state index is 11.5. The summed E-state index contributed by atoms with van der Waals surface area (Å²) in [5.74, 6) is -0.0732. The number of amides is 1. The molecule has 0 unspecified atom stereocenters. The Kier molecular flexibility index (Phi) is 2.92. The van der Waals surface area contributed by atoms with Gasteiger partial charge in [0, 0.05) is 6.04 Å². The molecule has 0 aliphatic heterocycles. The standard InChI is InChI=1S/C10H16N2O/c1-3-4-8(2)12-9(13)10(7-11)5-6-10/h8H,3-6H2,1-2H3,(H,12,13)/t8-/m0/s1. The Hall–Kier alpha value is -1.04. The normalized spacial score (nSPS) is 20.1. The highest BCUT2D eigenvalue weighted by atomic mass is 16.2. The van der Waals surface area contributed by atoms with Crippen molar-refractivity contribution in [3.8, 4) is 6.07 Å². The third-order valence-corrected chi connectivity index (χ3v) is 2.50. The van der Waals surface area contributed by atoms with Gasteiger partial charge in [0.25, 0.3) is 0 Å². The summed E-state index contributed by atoms with van der Waals surface area (Å²) in [5.41, 5.74) is -0.665.